The Morgan fingerprint density at radius 1 is 1.09 bits per heavy atom. The standard InChI is InChI=1S/C25H24BrN5O4/c1-29-22-21(14-28-29)24(33)31(16-27-22)15-25(34)10-12-30(13-11-25)23(32)17-2-6-19(7-3-17)35-20-8-4-18(26)5-9-20/h2-9,14,16,34H,10-13,15H2,1H3. The number of amides is 1. The maximum atomic E-state index is 13.0. The Hall–Kier alpha value is -3.50. The Kier molecular flexibility index (Phi) is 6.16. The molecular formula is C25H24BrN5O4. The third-order valence-corrected chi connectivity index (χ3v) is 6.84. The van der Waals surface area contributed by atoms with Gasteiger partial charge in [0.15, 0.2) is 5.65 Å². The van der Waals surface area contributed by atoms with E-state index >= 15 is 0 Å². The van der Waals surface area contributed by atoms with Gasteiger partial charge < -0.3 is 14.7 Å². The first kappa shape index (κ1) is 23.3. The number of aryl methyl sites for hydroxylation is 1. The summed E-state index contributed by atoms with van der Waals surface area (Å²) in [4.78, 5) is 31.8. The summed E-state index contributed by atoms with van der Waals surface area (Å²) in [6.07, 6.45) is 3.66. The van der Waals surface area contributed by atoms with Crippen molar-refractivity contribution in [3.05, 3.63) is 81.4 Å². The highest BCUT2D eigenvalue weighted by Gasteiger charge is 2.35. The van der Waals surface area contributed by atoms with Crippen LogP contribution in [0.5, 0.6) is 11.5 Å². The minimum absolute atomic E-state index is 0.0992. The predicted molar refractivity (Wildman–Crippen MR) is 134 cm³/mol. The van der Waals surface area contributed by atoms with Gasteiger partial charge in [0, 0.05) is 30.2 Å². The van der Waals surface area contributed by atoms with Crippen molar-refractivity contribution in [3.8, 4) is 11.5 Å². The highest BCUT2D eigenvalue weighted by molar-refractivity contribution is 9.10. The molecular weight excluding hydrogens is 514 g/mol. The lowest BCUT2D eigenvalue weighted by Crippen LogP contribution is -2.49. The van der Waals surface area contributed by atoms with Gasteiger partial charge in [-0.1, -0.05) is 15.9 Å². The molecule has 1 saturated heterocycles. The number of carbonyl (C=O) groups excluding carboxylic acids is 1. The van der Waals surface area contributed by atoms with Crippen molar-refractivity contribution in [1.82, 2.24) is 24.2 Å². The van der Waals surface area contributed by atoms with Crippen molar-refractivity contribution in [1.29, 1.82) is 0 Å². The minimum atomic E-state index is -1.10. The Balaban J connectivity index is 1.21. The van der Waals surface area contributed by atoms with E-state index in [1.807, 2.05) is 24.3 Å². The van der Waals surface area contributed by atoms with Crippen LogP contribution in [0.3, 0.4) is 0 Å². The van der Waals surface area contributed by atoms with E-state index in [-0.39, 0.29) is 18.0 Å². The SMILES string of the molecule is Cn1ncc2c(=O)n(CC3(O)CCN(C(=O)c4ccc(Oc5ccc(Br)cc5)cc4)CC3)cnc21. The molecule has 10 heteroatoms. The molecule has 0 saturated carbocycles. The summed E-state index contributed by atoms with van der Waals surface area (Å²) in [7, 11) is 1.72. The fourth-order valence-electron chi connectivity index (χ4n) is 4.27. The number of aromatic nitrogens is 4. The smallest absolute Gasteiger partial charge is 0.264 e. The van der Waals surface area contributed by atoms with Gasteiger partial charge in [0.2, 0.25) is 0 Å². The molecule has 0 spiro atoms. The Morgan fingerprint density at radius 2 is 1.71 bits per heavy atom. The number of ether oxygens (including phenoxy) is 1. The molecule has 1 aliphatic heterocycles. The van der Waals surface area contributed by atoms with Gasteiger partial charge in [-0.2, -0.15) is 5.10 Å². The first-order chi connectivity index (χ1) is 16.8. The monoisotopic (exact) mass is 537 g/mol. The van der Waals surface area contributed by atoms with Gasteiger partial charge in [-0.3, -0.25) is 18.8 Å². The molecule has 0 unspecified atom stereocenters. The molecule has 4 aromatic rings. The van der Waals surface area contributed by atoms with Crippen LogP contribution in [0.15, 0.2) is 70.3 Å². The van der Waals surface area contributed by atoms with Crippen LogP contribution in [0.25, 0.3) is 11.0 Å². The van der Waals surface area contributed by atoms with Gasteiger partial charge in [0.05, 0.1) is 18.3 Å². The number of rotatable bonds is 5. The second kappa shape index (κ2) is 9.27. The molecule has 1 N–H and O–H groups in total. The van der Waals surface area contributed by atoms with Crippen LogP contribution >= 0.6 is 15.9 Å². The molecule has 0 bridgehead atoms. The second-order valence-electron chi connectivity index (χ2n) is 8.78. The van der Waals surface area contributed by atoms with Crippen molar-refractivity contribution in [2.75, 3.05) is 13.1 Å². The topological polar surface area (TPSA) is 102 Å². The maximum absolute atomic E-state index is 13.0. The zero-order chi connectivity index (χ0) is 24.6. The number of nitrogens with zero attached hydrogens (tertiary/aromatic N) is 5. The van der Waals surface area contributed by atoms with E-state index in [4.69, 9.17) is 4.74 Å². The van der Waals surface area contributed by atoms with Crippen LogP contribution in [0.1, 0.15) is 23.2 Å². The molecule has 0 aliphatic carbocycles. The Labute approximate surface area is 209 Å². The molecule has 1 aliphatic rings. The van der Waals surface area contributed by atoms with Crippen LogP contribution in [-0.4, -0.2) is 53.9 Å². The van der Waals surface area contributed by atoms with Crippen LogP contribution in [0, 0.1) is 0 Å². The minimum Gasteiger partial charge on any atom is -0.457 e. The van der Waals surface area contributed by atoms with E-state index in [0.717, 1.165) is 4.47 Å². The number of halogens is 1. The molecule has 1 amide bonds. The molecule has 9 nitrogen and oxygen atoms in total. The quantitative estimate of drug-likeness (QED) is 0.418. The molecule has 180 valence electrons. The number of benzene rings is 2. The molecule has 2 aromatic heterocycles. The lowest BCUT2D eigenvalue weighted by molar-refractivity contribution is -0.0299. The number of hydrogen-bond donors (Lipinski definition) is 1. The highest BCUT2D eigenvalue weighted by Crippen LogP contribution is 2.27. The van der Waals surface area contributed by atoms with Crippen LogP contribution in [0.4, 0.5) is 0 Å². The van der Waals surface area contributed by atoms with Crippen molar-refractivity contribution in [2.24, 2.45) is 7.05 Å². The summed E-state index contributed by atoms with van der Waals surface area (Å²) in [5.41, 5.74) is -0.269. The molecule has 0 atom stereocenters. The lowest BCUT2D eigenvalue weighted by Gasteiger charge is -2.38. The number of fused-ring (bicyclic) bond motifs is 1. The first-order valence-corrected chi connectivity index (χ1v) is 12.0. The first-order valence-electron chi connectivity index (χ1n) is 11.2. The van der Waals surface area contributed by atoms with Crippen molar-refractivity contribution >= 4 is 32.9 Å². The average Bonchev–Trinajstić information content (AvgIpc) is 3.24. The van der Waals surface area contributed by atoms with Crippen molar-refractivity contribution in [2.45, 2.75) is 25.0 Å². The fourth-order valence-corrected chi connectivity index (χ4v) is 4.53. The summed E-state index contributed by atoms with van der Waals surface area (Å²) in [6, 6.07) is 14.5. The second-order valence-corrected chi connectivity index (χ2v) is 9.70. The number of carbonyl (C=O) groups is 1. The maximum Gasteiger partial charge on any atom is 0.264 e. The average molecular weight is 538 g/mol. The van der Waals surface area contributed by atoms with Gasteiger partial charge >= 0.3 is 0 Å². The van der Waals surface area contributed by atoms with Gasteiger partial charge in [0.1, 0.15) is 23.2 Å². The summed E-state index contributed by atoms with van der Waals surface area (Å²) >= 11 is 3.40. The van der Waals surface area contributed by atoms with Crippen molar-refractivity contribution in [3.63, 3.8) is 0 Å². The highest BCUT2D eigenvalue weighted by atomic mass is 79.9. The third-order valence-electron chi connectivity index (χ3n) is 6.31. The van der Waals surface area contributed by atoms with E-state index in [1.165, 1.54) is 17.1 Å². The van der Waals surface area contributed by atoms with Crippen LogP contribution in [-0.2, 0) is 13.6 Å². The molecule has 0 radical (unpaired) electrons. The van der Waals surface area contributed by atoms with Crippen LogP contribution in [0.2, 0.25) is 0 Å². The summed E-state index contributed by atoms with van der Waals surface area (Å²) in [5, 5.41) is 15.6. The number of likely N-dealkylation sites (tertiary alicyclic amines) is 1. The number of hydrogen-bond acceptors (Lipinski definition) is 6. The van der Waals surface area contributed by atoms with Crippen molar-refractivity contribution < 1.29 is 14.6 Å². The van der Waals surface area contributed by atoms with E-state index in [0.29, 0.717) is 54.0 Å². The molecule has 3 heterocycles. The third kappa shape index (κ3) is 4.85. The van der Waals surface area contributed by atoms with E-state index in [9.17, 15) is 14.7 Å². The Bertz CT molecular complexity index is 1420. The summed E-state index contributed by atoms with van der Waals surface area (Å²) < 4.78 is 9.75. The fraction of sp³-hybridized carbons (Fsp3) is 0.280. The molecule has 1 fully saturated rings. The molecule has 2 aromatic carbocycles. The summed E-state index contributed by atoms with van der Waals surface area (Å²) in [5.74, 6) is 1.25. The number of aliphatic hydroxyl groups is 1. The normalized spacial score (nSPS) is 15.3. The molecule has 5 rings (SSSR count). The van der Waals surface area contributed by atoms with Gasteiger partial charge in [-0.15, -0.1) is 0 Å². The predicted octanol–water partition coefficient (Wildman–Crippen LogP) is 3.35. The van der Waals surface area contributed by atoms with E-state index < -0.39 is 5.60 Å². The zero-order valence-electron chi connectivity index (χ0n) is 19.1. The van der Waals surface area contributed by atoms with E-state index in [2.05, 4.69) is 26.0 Å². The van der Waals surface area contributed by atoms with Gasteiger partial charge in [-0.25, -0.2) is 4.98 Å². The summed E-state index contributed by atoms with van der Waals surface area (Å²) in [6.45, 7) is 0.904. The lowest BCUT2D eigenvalue weighted by atomic mass is 9.91. The largest absolute Gasteiger partial charge is 0.457 e. The Morgan fingerprint density at radius 3 is 2.37 bits per heavy atom. The zero-order valence-corrected chi connectivity index (χ0v) is 20.7. The van der Waals surface area contributed by atoms with Crippen LogP contribution < -0.4 is 10.3 Å². The van der Waals surface area contributed by atoms with Gasteiger partial charge in [0.25, 0.3) is 11.5 Å². The number of piperidine rings is 1. The van der Waals surface area contributed by atoms with Gasteiger partial charge in [-0.05, 0) is 61.4 Å². The molecule has 35 heavy (non-hydrogen) atoms. The van der Waals surface area contributed by atoms with E-state index in [1.54, 1.807) is 40.9 Å².